The van der Waals surface area contributed by atoms with Crippen LogP contribution in [0.1, 0.15) is 27.7 Å². The molecule has 0 spiro atoms. The molecule has 344 valence electrons. The first kappa shape index (κ1) is 47.1. The Kier molecular flexibility index (Phi) is 15.0. The largest absolute Gasteiger partial charge is 0.479 e. The lowest BCUT2D eigenvalue weighted by Gasteiger charge is -2.52. The molecule has 7 aliphatic rings. The Morgan fingerprint density at radius 3 is 1.60 bits per heavy atom. The van der Waals surface area contributed by atoms with Gasteiger partial charge in [-0.1, -0.05) is 0 Å². The number of carbonyl (C=O) groups excluding carboxylic acids is 2. The molecule has 7 aliphatic heterocycles. The monoisotopic (exact) mass is 874 g/mol. The summed E-state index contributed by atoms with van der Waals surface area (Å²) < 4.78 is 59.2. The van der Waals surface area contributed by atoms with E-state index in [-0.39, 0.29) is 0 Å². The maximum absolute atomic E-state index is 12.9. The summed E-state index contributed by atoms with van der Waals surface area (Å²) in [6, 6.07) is -3.40. The molecule has 0 radical (unpaired) electrons. The van der Waals surface area contributed by atoms with Crippen LogP contribution in [0.4, 0.5) is 0 Å². The summed E-state index contributed by atoms with van der Waals surface area (Å²) in [5.74, 6) is -3.39. The lowest BCUT2D eigenvalue weighted by molar-refractivity contribution is -0.379. The van der Waals surface area contributed by atoms with Crippen LogP contribution in [-0.2, 0) is 61.8 Å². The summed E-state index contributed by atoms with van der Waals surface area (Å²) in [6.45, 7) is 2.84. The molecule has 25 atom stereocenters. The molecule has 8 bridgehead atoms. The standard InChI is InChI=1S/C34H54N2O24/c1-7-15(41)18(44)20(46)32(51-7)55-23-12(6-38)54-31-14(36-10(4)40)25(23)57-30-13(35-9(3)39)24(17(43)11(5-37)53-30)56-34-22(48)26(16(42)8(2)52-34)58-33-21(47)19(45)27(59-31)28(60-33)29(49)50/h7-8,11-28,30-34,37-38,41-48H,5-6H2,1-4H3,(H,35,39)(H,36,40)(H,49,50)/t7-,8-,11+,12+,13+,14+,15+,16+,17+,18+,19+,20-,21+,22-,23+,24+,25+,26+,27+,28-,30-,31-,32-,33-,34-/m0/s1. The molecule has 7 fully saturated rings. The van der Waals surface area contributed by atoms with Gasteiger partial charge in [-0.15, -0.1) is 0 Å². The van der Waals surface area contributed by atoms with Gasteiger partial charge < -0.3 is 114 Å². The predicted octanol–water partition coefficient (Wildman–Crippen LogP) is -8.44. The predicted molar refractivity (Wildman–Crippen MR) is 184 cm³/mol. The van der Waals surface area contributed by atoms with Crippen LogP contribution in [0.15, 0.2) is 0 Å². The van der Waals surface area contributed by atoms with Gasteiger partial charge in [-0.2, -0.15) is 0 Å². The third-order valence-corrected chi connectivity index (χ3v) is 11.3. The molecule has 7 saturated heterocycles. The molecule has 26 heteroatoms. The van der Waals surface area contributed by atoms with Gasteiger partial charge in [0.15, 0.2) is 37.6 Å². The minimum Gasteiger partial charge on any atom is -0.479 e. The van der Waals surface area contributed by atoms with Crippen molar-refractivity contribution in [3.05, 3.63) is 0 Å². The molecule has 7 rings (SSSR count). The Labute approximate surface area is 340 Å². The topological polar surface area (TPSA) is 390 Å². The molecule has 0 aromatic heterocycles. The molecule has 7 heterocycles. The van der Waals surface area contributed by atoms with E-state index in [9.17, 15) is 70.6 Å². The number of aliphatic carboxylic acids is 1. The number of carboxylic acids is 1. The van der Waals surface area contributed by atoms with E-state index in [1.165, 1.54) is 13.8 Å². The van der Waals surface area contributed by atoms with Gasteiger partial charge in [-0.05, 0) is 13.8 Å². The number of ether oxygens (including phenoxy) is 10. The van der Waals surface area contributed by atoms with E-state index < -0.39 is 184 Å². The molecule has 0 aliphatic carbocycles. The first-order chi connectivity index (χ1) is 28.3. The Hall–Kier alpha value is -2.39. The number of hydrogen-bond acceptors (Lipinski definition) is 23. The van der Waals surface area contributed by atoms with Gasteiger partial charge in [0.1, 0.15) is 104 Å². The number of carboxylic acid groups (broad SMARTS) is 1. The van der Waals surface area contributed by atoms with Crippen molar-refractivity contribution in [2.24, 2.45) is 0 Å². The van der Waals surface area contributed by atoms with Crippen LogP contribution in [0, 0.1) is 0 Å². The summed E-state index contributed by atoms with van der Waals surface area (Å²) in [7, 11) is 0. The zero-order valence-corrected chi connectivity index (χ0v) is 32.6. The van der Waals surface area contributed by atoms with Gasteiger partial charge in [0, 0.05) is 13.8 Å². The van der Waals surface area contributed by atoms with E-state index >= 15 is 0 Å². The quantitative estimate of drug-likeness (QED) is 0.113. The first-order valence-electron chi connectivity index (χ1n) is 19.3. The average Bonchev–Trinajstić information content (AvgIpc) is 3.19. The fraction of sp³-hybridized carbons (Fsp3) is 0.912. The van der Waals surface area contributed by atoms with Gasteiger partial charge >= 0.3 is 5.97 Å². The molecular formula is C34H54N2O24. The van der Waals surface area contributed by atoms with Crippen LogP contribution in [0.25, 0.3) is 0 Å². The van der Waals surface area contributed by atoms with Crippen LogP contribution in [0.5, 0.6) is 0 Å². The van der Waals surface area contributed by atoms with Crippen molar-refractivity contribution < 1.29 is 118 Å². The Balaban J connectivity index is 1.52. The van der Waals surface area contributed by atoms with Crippen LogP contribution in [0.2, 0.25) is 0 Å². The molecular weight excluding hydrogens is 820 g/mol. The molecule has 0 saturated carbocycles. The van der Waals surface area contributed by atoms with E-state index in [1.54, 1.807) is 0 Å². The number of hydrogen-bond donors (Lipinski definition) is 13. The number of rotatable bonds is 7. The van der Waals surface area contributed by atoms with Crippen molar-refractivity contribution >= 4 is 17.8 Å². The second-order valence-corrected chi connectivity index (χ2v) is 15.5. The smallest absolute Gasteiger partial charge is 0.335 e. The van der Waals surface area contributed by atoms with Gasteiger partial charge in [-0.25, -0.2) is 4.79 Å². The highest BCUT2D eigenvalue weighted by atomic mass is 16.8. The molecule has 0 aromatic rings. The van der Waals surface area contributed by atoms with Gasteiger partial charge in [0.2, 0.25) is 11.8 Å². The van der Waals surface area contributed by atoms with Crippen molar-refractivity contribution in [3.63, 3.8) is 0 Å². The number of carbonyl (C=O) groups is 3. The summed E-state index contributed by atoms with van der Waals surface area (Å²) in [4.78, 5) is 38.4. The minimum atomic E-state index is -2.23. The first-order valence-corrected chi connectivity index (χ1v) is 19.3. The molecule has 13 N–H and O–H groups in total. The van der Waals surface area contributed by atoms with Crippen LogP contribution >= 0.6 is 0 Å². The van der Waals surface area contributed by atoms with Crippen LogP contribution < -0.4 is 10.6 Å². The average molecular weight is 875 g/mol. The van der Waals surface area contributed by atoms with Gasteiger partial charge in [-0.3, -0.25) is 9.59 Å². The highest BCUT2D eigenvalue weighted by Gasteiger charge is 2.60. The molecule has 0 unspecified atom stereocenters. The van der Waals surface area contributed by atoms with E-state index in [1.807, 2.05) is 0 Å². The second kappa shape index (κ2) is 19.2. The third-order valence-electron chi connectivity index (χ3n) is 11.3. The fourth-order valence-electron chi connectivity index (χ4n) is 8.09. The lowest BCUT2D eigenvalue weighted by atomic mass is 9.93. The Morgan fingerprint density at radius 2 is 1.02 bits per heavy atom. The van der Waals surface area contributed by atoms with Crippen molar-refractivity contribution in [2.45, 2.75) is 181 Å². The number of aliphatic hydroxyl groups excluding tert-OH is 10. The molecule has 26 nitrogen and oxygen atoms in total. The minimum absolute atomic E-state index is 0.772. The summed E-state index contributed by atoms with van der Waals surface area (Å²) in [5.41, 5.74) is 0. The molecule has 60 heavy (non-hydrogen) atoms. The van der Waals surface area contributed by atoms with Crippen molar-refractivity contribution in [1.82, 2.24) is 10.6 Å². The number of aliphatic hydroxyl groups is 10. The number of amides is 2. The lowest BCUT2D eigenvalue weighted by Crippen LogP contribution is -2.72. The van der Waals surface area contributed by atoms with E-state index in [2.05, 4.69) is 10.6 Å². The maximum atomic E-state index is 12.9. The maximum Gasteiger partial charge on any atom is 0.335 e. The van der Waals surface area contributed by atoms with E-state index in [4.69, 9.17) is 47.4 Å². The Morgan fingerprint density at radius 1 is 0.500 bits per heavy atom. The molecule has 0 aromatic carbocycles. The van der Waals surface area contributed by atoms with Crippen LogP contribution in [0.3, 0.4) is 0 Å². The fourth-order valence-corrected chi connectivity index (χ4v) is 8.09. The molecule has 2 amide bonds. The number of fused-ring (bicyclic) bond motifs is 2. The zero-order valence-electron chi connectivity index (χ0n) is 32.6. The van der Waals surface area contributed by atoms with E-state index in [0.717, 1.165) is 13.8 Å². The highest BCUT2D eigenvalue weighted by Crippen LogP contribution is 2.38. The van der Waals surface area contributed by atoms with E-state index in [0.29, 0.717) is 0 Å². The summed E-state index contributed by atoms with van der Waals surface area (Å²) in [6.07, 6.45) is -42.3. The number of nitrogens with one attached hydrogen (secondary N) is 2. The third kappa shape index (κ3) is 9.29. The van der Waals surface area contributed by atoms with Crippen molar-refractivity contribution in [3.8, 4) is 0 Å². The zero-order chi connectivity index (χ0) is 44.1. The SMILES string of the molecule is CC(=O)N[C@H]1[C@@H]2O[C@@H]3[C@H](O)[C@@H](O)[C@@H](O[C@H]4[C@H](O)[C@H](O[C@H]5[C@H](O)[C@@H](CO)O[C@@H](O[C@H]1[C@H](O[C@@H]1O[C@@H](C)[C@@H](O)[C@@H](O)[C@@H]1O)[C@@H](CO)O2)[C@@H]5NC(C)=O)O[C@@H](C)[C@H]4O)O[C@@H]3C(=O)O. The summed E-state index contributed by atoms with van der Waals surface area (Å²) >= 11 is 0. The van der Waals surface area contributed by atoms with Crippen molar-refractivity contribution in [1.29, 1.82) is 0 Å². The second-order valence-electron chi connectivity index (χ2n) is 15.5. The van der Waals surface area contributed by atoms with Crippen LogP contribution in [-0.4, -0.2) is 241 Å². The Bertz CT molecular complexity index is 1500. The van der Waals surface area contributed by atoms with Crippen molar-refractivity contribution in [2.75, 3.05) is 13.2 Å². The summed E-state index contributed by atoms with van der Waals surface area (Å²) in [5, 5.41) is 125. The highest BCUT2D eigenvalue weighted by molar-refractivity contribution is 5.74. The van der Waals surface area contributed by atoms with Gasteiger partial charge in [0.25, 0.3) is 0 Å². The normalized spacial score (nSPS) is 51.2. The van der Waals surface area contributed by atoms with Gasteiger partial charge in [0.05, 0.1) is 25.4 Å².